The summed E-state index contributed by atoms with van der Waals surface area (Å²) in [5.41, 5.74) is 1.31. The number of benzene rings is 2. The van der Waals surface area contributed by atoms with Crippen LogP contribution in [0.25, 0.3) is 21.2 Å². The Morgan fingerprint density at radius 3 is 2.62 bits per heavy atom. The van der Waals surface area contributed by atoms with Gasteiger partial charge >= 0.3 is 0 Å². The van der Waals surface area contributed by atoms with Gasteiger partial charge in [-0.15, -0.1) is 11.3 Å². The van der Waals surface area contributed by atoms with Crippen LogP contribution in [0.2, 0.25) is 0 Å². The largest absolute Gasteiger partial charge is 0.140 e. The Bertz CT molecular complexity index is 629. The predicted octanol–water partition coefficient (Wildman–Crippen LogP) is 4.68. The second-order valence-electron chi connectivity index (χ2n) is 3.84. The second kappa shape index (κ2) is 3.76. The van der Waals surface area contributed by atoms with E-state index in [1.54, 1.807) is 11.3 Å². The Kier molecular flexibility index (Phi) is 2.26. The minimum Gasteiger partial charge on any atom is -0.140 e. The van der Waals surface area contributed by atoms with Crippen LogP contribution < -0.4 is 0 Å². The summed E-state index contributed by atoms with van der Waals surface area (Å²) in [6, 6.07) is 20.3. The van der Waals surface area contributed by atoms with E-state index in [1.807, 2.05) is 0 Å². The van der Waals surface area contributed by atoms with Gasteiger partial charge in [-0.05, 0) is 35.4 Å². The lowest BCUT2D eigenvalue weighted by atomic mass is 10.0. The molecular formula is C15H11S. The van der Waals surface area contributed by atoms with Gasteiger partial charge in [0.1, 0.15) is 0 Å². The van der Waals surface area contributed by atoms with Crippen LogP contribution in [-0.4, -0.2) is 0 Å². The number of thiophene rings is 1. The molecule has 16 heavy (non-hydrogen) atoms. The van der Waals surface area contributed by atoms with Crippen molar-refractivity contribution in [3.05, 3.63) is 59.5 Å². The van der Waals surface area contributed by atoms with Gasteiger partial charge in [-0.3, -0.25) is 0 Å². The molecule has 0 aliphatic carbocycles. The van der Waals surface area contributed by atoms with Crippen molar-refractivity contribution in [2.45, 2.75) is 6.92 Å². The van der Waals surface area contributed by atoms with Crippen molar-refractivity contribution in [3.8, 4) is 10.4 Å². The molecular weight excluding hydrogens is 212 g/mol. The van der Waals surface area contributed by atoms with Gasteiger partial charge in [0.2, 0.25) is 0 Å². The Balaban J connectivity index is 2.31. The van der Waals surface area contributed by atoms with Crippen LogP contribution in [0.15, 0.2) is 48.5 Å². The van der Waals surface area contributed by atoms with Crippen LogP contribution in [0.3, 0.4) is 0 Å². The maximum atomic E-state index is 3.25. The fourth-order valence-electron chi connectivity index (χ4n) is 1.96. The Labute approximate surface area is 99.2 Å². The van der Waals surface area contributed by atoms with Crippen LogP contribution in [0.4, 0.5) is 0 Å². The van der Waals surface area contributed by atoms with E-state index in [4.69, 9.17) is 0 Å². The normalized spacial score (nSPS) is 10.8. The molecule has 0 saturated heterocycles. The fourth-order valence-corrected chi connectivity index (χ4v) is 2.82. The molecule has 0 N–H and O–H groups in total. The van der Waals surface area contributed by atoms with Crippen LogP contribution in [0, 0.1) is 13.0 Å². The molecule has 3 aromatic rings. The molecule has 0 saturated carbocycles. The van der Waals surface area contributed by atoms with Gasteiger partial charge in [-0.1, -0.05) is 42.5 Å². The maximum absolute atomic E-state index is 3.25. The van der Waals surface area contributed by atoms with Gasteiger partial charge in [-0.2, -0.15) is 0 Å². The molecule has 0 bridgehead atoms. The first-order valence-electron chi connectivity index (χ1n) is 5.31. The second-order valence-corrected chi connectivity index (χ2v) is 5.09. The van der Waals surface area contributed by atoms with Crippen molar-refractivity contribution in [2.24, 2.45) is 0 Å². The topological polar surface area (TPSA) is 0 Å². The van der Waals surface area contributed by atoms with E-state index in [1.165, 1.54) is 26.1 Å². The summed E-state index contributed by atoms with van der Waals surface area (Å²) in [5.74, 6) is 0. The summed E-state index contributed by atoms with van der Waals surface area (Å²) in [6.45, 7) is 2.10. The van der Waals surface area contributed by atoms with E-state index in [0.717, 1.165) is 0 Å². The number of hydrogen-bond donors (Lipinski definition) is 0. The molecule has 0 spiro atoms. The van der Waals surface area contributed by atoms with Crippen LogP contribution >= 0.6 is 11.3 Å². The average molecular weight is 223 g/mol. The SMILES string of the molecule is Cc1[c]cc(-c2cccc3ccccc23)s1. The van der Waals surface area contributed by atoms with Crippen molar-refractivity contribution >= 4 is 22.1 Å². The molecule has 3 rings (SSSR count). The summed E-state index contributed by atoms with van der Waals surface area (Å²) in [7, 11) is 0. The molecule has 1 heterocycles. The molecule has 1 radical (unpaired) electrons. The van der Waals surface area contributed by atoms with Crippen molar-refractivity contribution < 1.29 is 0 Å². The Morgan fingerprint density at radius 1 is 1.00 bits per heavy atom. The van der Waals surface area contributed by atoms with E-state index in [-0.39, 0.29) is 0 Å². The van der Waals surface area contributed by atoms with Crippen molar-refractivity contribution in [1.29, 1.82) is 0 Å². The zero-order chi connectivity index (χ0) is 11.0. The third kappa shape index (κ3) is 1.54. The van der Waals surface area contributed by atoms with Crippen molar-refractivity contribution in [2.75, 3.05) is 0 Å². The molecule has 1 aromatic heterocycles. The van der Waals surface area contributed by atoms with E-state index < -0.39 is 0 Å². The lowest BCUT2D eigenvalue weighted by molar-refractivity contribution is 1.63. The third-order valence-corrected chi connectivity index (χ3v) is 3.71. The maximum Gasteiger partial charge on any atom is 0.0358 e. The van der Waals surface area contributed by atoms with E-state index in [0.29, 0.717) is 0 Å². The summed E-state index contributed by atoms with van der Waals surface area (Å²) < 4.78 is 0. The molecule has 0 unspecified atom stereocenters. The zero-order valence-corrected chi connectivity index (χ0v) is 9.84. The summed E-state index contributed by atoms with van der Waals surface area (Å²) in [5, 5.41) is 2.62. The number of rotatable bonds is 1. The molecule has 0 atom stereocenters. The average Bonchev–Trinajstić information content (AvgIpc) is 2.75. The van der Waals surface area contributed by atoms with E-state index in [2.05, 4.69) is 61.5 Å². The van der Waals surface area contributed by atoms with Gasteiger partial charge < -0.3 is 0 Å². The lowest BCUT2D eigenvalue weighted by Crippen LogP contribution is -1.76. The highest BCUT2D eigenvalue weighted by atomic mass is 32.1. The first kappa shape index (κ1) is 9.61. The Morgan fingerprint density at radius 2 is 1.81 bits per heavy atom. The predicted molar refractivity (Wildman–Crippen MR) is 70.8 cm³/mol. The molecule has 77 valence electrons. The zero-order valence-electron chi connectivity index (χ0n) is 9.03. The highest BCUT2D eigenvalue weighted by Crippen LogP contribution is 2.32. The van der Waals surface area contributed by atoms with Crippen molar-refractivity contribution in [3.63, 3.8) is 0 Å². The number of hydrogen-bond acceptors (Lipinski definition) is 1. The monoisotopic (exact) mass is 223 g/mol. The molecule has 0 aliphatic rings. The lowest BCUT2D eigenvalue weighted by Gasteiger charge is -2.03. The van der Waals surface area contributed by atoms with Gasteiger partial charge in [0.05, 0.1) is 0 Å². The minimum absolute atomic E-state index is 1.24. The highest BCUT2D eigenvalue weighted by molar-refractivity contribution is 7.15. The smallest absolute Gasteiger partial charge is 0.0358 e. The molecule has 1 heteroatoms. The fraction of sp³-hybridized carbons (Fsp3) is 0.0667. The summed E-state index contributed by atoms with van der Waals surface area (Å²) in [6.07, 6.45) is 0. The molecule has 0 aliphatic heterocycles. The molecule has 0 amide bonds. The third-order valence-electron chi connectivity index (χ3n) is 2.72. The van der Waals surface area contributed by atoms with Gasteiger partial charge in [0, 0.05) is 9.75 Å². The molecule has 2 aromatic carbocycles. The van der Waals surface area contributed by atoms with Crippen LogP contribution in [0.5, 0.6) is 0 Å². The number of fused-ring (bicyclic) bond motifs is 1. The van der Waals surface area contributed by atoms with E-state index in [9.17, 15) is 0 Å². The highest BCUT2D eigenvalue weighted by Gasteiger charge is 2.04. The van der Waals surface area contributed by atoms with Crippen LogP contribution in [-0.2, 0) is 0 Å². The summed E-state index contributed by atoms with van der Waals surface area (Å²) >= 11 is 1.80. The first-order chi connectivity index (χ1) is 7.84. The van der Waals surface area contributed by atoms with Gasteiger partial charge in [0.25, 0.3) is 0 Å². The number of aryl methyl sites for hydroxylation is 1. The minimum atomic E-state index is 1.24. The van der Waals surface area contributed by atoms with E-state index >= 15 is 0 Å². The molecule has 0 fully saturated rings. The molecule has 0 nitrogen and oxygen atoms in total. The Hall–Kier alpha value is -1.60. The van der Waals surface area contributed by atoms with Crippen molar-refractivity contribution in [1.82, 2.24) is 0 Å². The first-order valence-corrected chi connectivity index (χ1v) is 6.12. The summed E-state index contributed by atoms with van der Waals surface area (Å²) in [4.78, 5) is 2.54. The standard InChI is InChI=1S/C15H11S/c1-11-9-10-15(16-11)14-8-4-6-12-5-2-3-7-13(12)14/h2-8,10H,1H3. The van der Waals surface area contributed by atoms with Crippen LogP contribution in [0.1, 0.15) is 4.88 Å². The van der Waals surface area contributed by atoms with Gasteiger partial charge in [0.15, 0.2) is 0 Å². The quantitative estimate of drug-likeness (QED) is 0.562. The van der Waals surface area contributed by atoms with Gasteiger partial charge in [-0.25, -0.2) is 0 Å².